The molecule has 0 aromatic carbocycles. The molecule has 2 atom stereocenters. The van der Waals surface area contributed by atoms with Gasteiger partial charge in [-0.15, -0.1) is 0 Å². The molecule has 1 aromatic rings. The molecular weight excluding hydrogens is 350 g/mol. The molecule has 2 unspecified atom stereocenters. The maximum Gasteiger partial charge on any atom is 0.318 e. The molecule has 1 saturated heterocycles. The van der Waals surface area contributed by atoms with Gasteiger partial charge in [0.25, 0.3) is 0 Å². The summed E-state index contributed by atoms with van der Waals surface area (Å²) in [6.07, 6.45) is 7.72. The van der Waals surface area contributed by atoms with Crippen LogP contribution >= 0.6 is 15.9 Å². The van der Waals surface area contributed by atoms with E-state index in [4.69, 9.17) is 0 Å². The van der Waals surface area contributed by atoms with Crippen LogP contribution in [0.2, 0.25) is 0 Å². The van der Waals surface area contributed by atoms with Gasteiger partial charge in [-0.05, 0) is 28.8 Å². The maximum absolute atomic E-state index is 12.4. The van der Waals surface area contributed by atoms with Crippen molar-refractivity contribution in [3.63, 3.8) is 0 Å². The molecule has 0 bridgehead atoms. The summed E-state index contributed by atoms with van der Waals surface area (Å²) < 4.78 is 2.67. The molecule has 8 heteroatoms. The lowest BCUT2D eigenvalue weighted by Gasteiger charge is -2.43. The molecule has 1 aliphatic carbocycles. The average Bonchev–Trinajstić information content (AvgIpc) is 2.91. The van der Waals surface area contributed by atoms with Gasteiger partial charge in [-0.25, -0.2) is 4.79 Å². The number of halogens is 1. The van der Waals surface area contributed by atoms with Crippen LogP contribution in [0.5, 0.6) is 0 Å². The molecular formula is C14H20BrN5O2. The second kappa shape index (κ2) is 6.68. The number of aromatic nitrogens is 2. The number of piperazine rings is 1. The largest absolute Gasteiger partial charge is 0.350 e. The van der Waals surface area contributed by atoms with E-state index in [1.807, 2.05) is 6.20 Å². The predicted octanol–water partition coefficient (Wildman–Crippen LogP) is 1.10. The highest BCUT2D eigenvalue weighted by atomic mass is 79.9. The van der Waals surface area contributed by atoms with E-state index in [0.29, 0.717) is 13.1 Å². The topological polar surface area (TPSA) is 79.3 Å². The number of rotatable bonds is 3. The van der Waals surface area contributed by atoms with Crippen LogP contribution in [0.4, 0.5) is 4.79 Å². The number of carbonyl (C=O) groups is 2. The number of carbonyl (C=O) groups excluding carboxylic acids is 2. The van der Waals surface area contributed by atoms with Crippen molar-refractivity contribution in [3.05, 3.63) is 16.9 Å². The molecule has 1 aliphatic heterocycles. The normalized spacial score (nSPS) is 24.6. The summed E-state index contributed by atoms with van der Waals surface area (Å²) in [6.45, 7) is 1.24. The van der Waals surface area contributed by atoms with Crippen LogP contribution in [0.3, 0.4) is 0 Å². The molecule has 0 spiro atoms. The molecule has 0 radical (unpaired) electrons. The smallest absolute Gasteiger partial charge is 0.318 e. The summed E-state index contributed by atoms with van der Waals surface area (Å²) in [4.78, 5) is 25.9. The number of nitrogens with zero attached hydrogens (tertiary/aromatic N) is 3. The van der Waals surface area contributed by atoms with Crippen molar-refractivity contribution in [2.75, 3.05) is 13.1 Å². The summed E-state index contributed by atoms with van der Waals surface area (Å²) >= 11 is 3.34. The van der Waals surface area contributed by atoms with Crippen LogP contribution in [0.25, 0.3) is 0 Å². The standard InChI is InChI=1S/C14H20BrN5O2/c15-10-7-17-19(8-10)6-5-16-14(22)20-9-13(21)18-11-3-1-2-4-12(11)20/h7-8,11-12H,1-6,9H2,(H,16,22)(H,18,21). The molecule has 7 nitrogen and oxygen atoms in total. The highest BCUT2D eigenvalue weighted by Crippen LogP contribution is 2.25. The van der Waals surface area contributed by atoms with E-state index in [9.17, 15) is 9.59 Å². The zero-order valence-electron chi connectivity index (χ0n) is 12.3. The van der Waals surface area contributed by atoms with Crippen molar-refractivity contribution < 1.29 is 9.59 Å². The fraction of sp³-hybridized carbons (Fsp3) is 0.643. The van der Waals surface area contributed by atoms with E-state index in [0.717, 1.165) is 30.2 Å². The summed E-state index contributed by atoms with van der Waals surface area (Å²) in [5.41, 5.74) is 0. The second-order valence-corrected chi connectivity index (χ2v) is 6.72. The summed E-state index contributed by atoms with van der Waals surface area (Å²) in [7, 11) is 0. The van der Waals surface area contributed by atoms with E-state index in [2.05, 4.69) is 31.7 Å². The van der Waals surface area contributed by atoms with Crippen molar-refractivity contribution in [1.82, 2.24) is 25.3 Å². The van der Waals surface area contributed by atoms with Crippen molar-refractivity contribution in [2.45, 2.75) is 44.3 Å². The van der Waals surface area contributed by atoms with Crippen molar-refractivity contribution >= 4 is 27.9 Å². The molecule has 3 amide bonds. The lowest BCUT2D eigenvalue weighted by atomic mass is 9.87. The van der Waals surface area contributed by atoms with E-state index < -0.39 is 0 Å². The zero-order chi connectivity index (χ0) is 15.5. The number of nitrogens with one attached hydrogen (secondary N) is 2. The molecule has 2 aliphatic rings. The van der Waals surface area contributed by atoms with Crippen molar-refractivity contribution in [3.8, 4) is 0 Å². The third-order valence-corrected chi connectivity index (χ3v) is 4.68. The van der Waals surface area contributed by atoms with Crippen LogP contribution in [0.15, 0.2) is 16.9 Å². The van der Waals surface area contributed by atoms with Gasteiger partial charge in [0.05, 0.1) is 23.3 Å². The monoisotopic (exact) mass is 369 g/mol. The Morgan fingerprint density at radius 1 is 1.45 bits per heavy atom. The Morgan fingerprint density at radius 2 is 2.27 bits per heavy atom. The Hall–Kier alpha value is -1.57. The minimum absolute atomic E-state index is 0.0608. The van der Waals surface area contributed by atoms with Crippen LogP contribution in [0, 0.1) is 0 Å². The average molecular weight is 370 g/mol. The Labute approximate surface area is 137 Å². The van der Waals surface area contributed by atoms with Gasteiger partial charge in [0, 0.05) is 18.8 Å². The van der Waals surface area contributed by atoms with Gasteiger partial charge in [0.15, 0.2) is 0 Å². The van der Waals surface area contributed by atoms with Crippen molar-refractivity contribution in [1.29, 1.82) is 0 Å². The summed E-state index contributed by atoms with van der Waals surface area (Å²) in [6, 6.07) is 0.0890. The molecule has 2 heterocycles. The molecule has 3 rings (SSSR count). The fourth-order valence-electron chi connectivity index (χ4n) is 3.24. The molecule has 1 aromatic heterocycles. The SMILES string of the molecule is O=C1CN(C(=O)NCCn2cc(Br)cn2)C2CCCCC2N1. The quantitative estimate of drug-likeness (QED) is 0.836. The minimum atomic E-state index is -0.155. The maximum atomic E-state index is 12.4. The van der Waals surface area contributed by atoms with Crippen molar-refractivity contribution in [2.24, 2.45) is 0 Å². The van der Waals surface area contributed by atoms with E-state index >= 15 is 0 Å². The van der Waals surface area contributed by atoms with Crippen LogP contribution < -0.4 is 10.6 Å². The number of amides is 3. The van der Waals surface area contributed by atoms with E-state index in [1.54, 1.807) is 15.8 Å². The number of fused-ring (bicyclic) bond motifs is 1. The molecule has 120 valence electrons. The molecule has 2 N–H and O–H groups in total. The van der Waals surface area contributed by atoms with Gasteiger partial charge in [0.1, 0.15) is 6.54 Å². The molecule has 1 saturated carbocycles. The summed E-state index contributed by atoms with van der Waals surface area (Å²) in [5, 5.41) is 10.0. The Balaban J connectivity index is 1.54. The third kappa shape index (κ3) is 3.43. The number of hydrogen-bond acceptors (Lipinski definition) is 3. The minimum Gasteiger partial charge on any atom is -0.350 e. The Morgan fingerprint density at radius 3 is 3.05 bits per heavy atom. The van der Waals surface area contributed by atoms with Gasteiger partial charge >= 0.3 is 6.03 Å². The van der Waals surface area contributed by atoms with Crippen LogP contribution in [0.1, 0.15) is 25.7 Å². The second-order valence-electron chi connectivity index (χ2n) is 5.81. The Kier molecular flexibility index (Phi) is 4.66. The number of urea groups is 1. The van der Waals surface area contributed by atoms with E-state index in [1.165, 1.54) is 0 Å². The highest BCUT2D eigenvalue weighted by molar-refractivity contribution is 9.10. The van der Waals surface area contributed by atoms with Gasteiger partial charge in [-0.2, -0.15) is 5.10 Å². The van der Waals surface area contributed by atoms with Crippen LogP contribution in [-0.2, 0) is 11.3 Å². The highest BCUT2D eigenvalue weighted by Gasteiger charge is 2.38. The van der Waals surface area contributed by atoms with Crippen LogP contribution in [-0.4, -0.2) is 51.8 Å². The first kappa shape index (κ1) is 15.3. The first-order valence-corrected chi connectivity index (χ1v) is 8.44. The third-order valence-electron chi connectivity index (χ3n) is 4.27. The first-order valence-electron chi connectivity index (χ1n) is 7.65. The first-order chi connectivity index (χ1) is 10.6. The predicted molar refractivity (Wildman–Crippen MR) is 84.2 cm³/mol. The van der Waals surface area contributed by atoms with E-state index in [-0.39, 0.29) is 30.6 Å². The zero-order valence-corrected chi connectivity index (χ0v) is 13.9. The molecule has 22 heavy (non-hydrogen) atoms. The van der Waals surface area contributed by atoms with Gasteiger partial charge in [0.2, 0.25) is 5.91 Å². The fourth-order valence-corrected chi connectivity index (χ4v) is 3.57. The van der Waals surface area contributed by atoms with Gasteiger partial charge in [-0.1, -0.05) is 12.8 Å². The Bertz CT molecular complexity index is 561. The summed E-state index contributed by atoms with van der Waals surface area (Å²) in [5.74, 6) is -0.0608. The van der Waals surface area contributed by atoms with Gasteiger partial charge in [-0.3, -0.25) is 9.48 Å². The van der Waals surface area contributed by atoms with Gasteiger partial charge < -0.3 is 15.5 Å². The lowest BCUT2D eigenvalue weighted by molar-refractivity contribution is -0.126. The molecule has 2 fully saturated rings. The lowest BCUT2D eigenvalue weighted by Crippen LogP contribution is -2.64. The number of hydrogen-bond donors (Lipinski definition) is 2.